The number of hydrogen-bond acceptors (Lipinski definition) is 3. The van der Waals surface area contributed by atoms with Crippen LogP contribution in [-0.2, 0) is 0 Å². The SMILES string of the molecule is CN1CCN2C[C@H](c3ccccc3O)c3ccccc3[C@@H]2C1. The molecule has 0 aromatic heterocycles. The lowest BCUT2D eigenvalue weighted by Gasteiger charge is -2.46. The number of benzene rings is 2. The molecule has 3 heteroatoms. The largest absolute Gasteiger partial charge is 0.508 e. The molecule has 0 aliphatic carbocycles. The van der Waals surface area contributed by atoms with Gasteiger partial charge in [0.25, 0.3) is 0 Å². The Morgan fingerprint density at radius 2 is 1.55 bits per heavy atom. The second-order valence-corrected chi connectivity index (χ2v) is 6.51. The standard InChI is InChI=1S/C19H22N2O/c1-20-10-11-21-12-17(16-8-4-5-9-19(16)22)14-6-2-3-7-15(14)18(21)13-20/h2-9,17-18,22H,10-13H2,1H3/t17-,18-/m0/s1. The number of likely N-dealkylation sites (N-methyl/N-ethyl adjacent to an activating group) is 1. The summed E-state index contributed by atoms with van der Waals surface area (Å²) in [6.07, 6.45) is 0. The Bertz CT molecular complexity index is 685. The lowest BCUT2D eigenvalue weighted by Crippen LogP contribution is -2.50. The van der Waals surface area contributed by atoms with E-state index in [9.17, 15) is 5.11 Å². The van der Waals surface area contributed by atoms with Gasteiger partial charge in [-0.2, -0.15) is 0 Å². The maximum atomic E-state index is 10.3. The van der Waals surface area contributed by atoms with Crippen LogP contribution >= 0.6 is 0 Å². The highest BCUT2D eigenvalue weighted by Crippen LogP contribution is 2.42. The molecule has 0 bridgehead atoms. The summed E-state index contributed by atoms with van der Waals surface area (Å²) < 4.78 is 0. The van der Waals surface area contributed by atoms with Gasteiger partial charge in [-0.1, -0.05) is 42.5 Å². The molecular weight excluding hydrogens is 272 g/mol. The number of phenols is 1. The number of para-hydroxylation sites is 1. The Hall–Kier alpha value is -1.84. The highest BCUT2D eigenvalue weighted by molar-refractivity contribution is 5.47. The molecule has 0 saturated carbocycles. The average Bonchev–Trinajstić information content (AvgIpc) is 2.55. The van der Waals surface area contributed by atoms with E-state index in [0.29, 0.717) is 11.8 Å². The maximum Gasteiger partial charge on any atom is 0.119 e. The number of fused-ring (bicyclic) bond motifs is 3. The van der Waals surface area contributed by atoms with E-state index in [1.807, 2.05) is 12.1 Å². The Morgan fingerprint density at radius 1 is 0.864 bits per heavy atom. The average molecular weight is 294 g/mol. The molecule has 2 heterocycles. The third-order valence-corrected chi connectivity index (χ3v) is 5.15. The number of nitrogens with zero attached hydrogens (tertiary/aromatic N) is 2. The fourth-order valence-electron chi connectivity index (χ4n) is 3.98. The lowest BCUT2D eigenvalue weighted by molar-refractivity contribution is 0.0770. The first-order valence-electron chi connectivity index (χ1n) is 8.03. The molecule has 2 aliphatic heterocycles. The van der Waals surface area contributed by atoms with Crippen molar-refractivity contribution in [1.29, 1.82) is 0 Å². The van der Waals surface area contributed by atoms with Gasteiger partial charge in [-0.05, 0) is 24.2 Å². The minimum Gasteiger partial charge on any atom is -0.508 e. The third-order valence-electron chi connectivity index (χ3n) is 5.15. The first-order valence-corrected chi connectivity index (χ1v) is 8.03. The van der Waals surface area contributed by atoms with Crippen LogP contribution in [0.4, 0.5) is 0 Å². The Kier molecular flexibility index (Phi) is 3.40. The van der Waals surface area contributed by atoms with Gasteiger partial charge < -0.3 is 10.0 Å². The number of piperazine rings is 1. The summed E-state index contributed by atoms with van der Waals surface area (Å²) in [7, 11) is 2.20. The van der Waals surface area contributed by atoms with Gasteiger partial charge in [-0.25, -0.2) is 0 Å². The third kappa shape index (κ3) is 2.21. The van der Waals surface area contributed by atoms with Crippen LogP contribution in [0.3, 0.4) is 0 Å². The summed E-state index contributed by atoms with van der Waals surface area (Å²) in [5.74, 6) is 0.673. The zero-order valence-electron chi connectivity index (χ0n) is 12.9. The quantitative estimate of drug-likeness (QED) is 0.876. The van der Waals surface area contributed by atoms with Crippen molar-refractivity contribution in [1.82, 2.24) is 9.80 Å². The van der Waals surface area contributed by atoms with Crippen molar-refractivity contribution < 1.29 is 5.11 Å². The fourth-order valence-corrected chi connectivity index (χ4v) is 3.98. The van der Waals surface area contributed by atoms with E-state index in [1.165, 1.54) is 11.1 Å². The monoisotopic (exact) mass is 294 g/mol. The van der Waals surface area contributed by atoms with Crippen molar-refractivity contribution in [3.8, 4) is 5.75 Å². The van der Waals surface area contributed by atoms with Crippen LogP contribution in [0.2, 0.25) is 0 Å². The first kappa shape index (κ1) is 13.8. The predicted molar refractivity (Wildman–Crippen MR) is 88.2 cm³/mol. The molecule has 2 atom stereocenters. The maximum absolute atomic E-state index is 10.3. The second-order valence-electron chi connectivity index (χ2n) is 6.51. The van der Waals surface area contributed by atoms with E-state index in [-0.39, 0.29) is 5.92 Å². The van der Waals surface area contributed by atoms with E-state index >= 15 is 0 Å². The van der Waals surface area contributed by atoms with Crippen LogP contribution < -0.4 is 0 Å². The Morgan fingerprint density at radius 3 is 2.32 bits per heavy atom. The van der Waals surface area contributed by atoms with Crippen LogP contribution in [-0.4, -0.2) is 48.1 Å². The number of phenolic OH excluding ortho intramolecular Hbond substituents is 1. The summed E-state index contributed by atoms with van der Waals surface area (Å²) in [4.78, 5) is 5.00. The molecule has 1 N–H and O–H groups in total. The topological polar surface area (TPSA) is 26.7 Å². The molecule has 2 aliphatic rings. The minimum absolute atomic E-state index is 0.261. The van der Waals surface area contributed by atoms with Crippen molar-refractivity contribution >= 4 is 0 Å². The molecule has 0 unspecified atom stereocenters. The molecule has 1 saturated heterocycles. The van der Waals surface area contributed by atoms with Crippen LogP contribution in [0, 0.1) is 0 Å². The van der Waals surface area contributed by atoms with Crippen molar-refractivity contribution in [2.45, 2.75) is 12.0 Å². The van der Waals surface area contributed by atoms with Gasteiger partial charge in [0.2, 0.25) is 0 Å². The predicted octanol–water partition coefficient (Wildman–Crippen LogP) is 2.83. The van der Waals surface area contributed by atoms with Crippen molar-refractivity contribution in [3.63, 3.8) is 0 Å². The molecule has 1 fully saturated rings. The van der Waals surface area contributed by atoms with E-state index < -0.39 is 0 Å². The molecule has 114 valence electrons. The smallest absolute Gasteiger partial charge is 0.119 e. The van der Waals surface area contributed by atoms with Crippen molar-refractivity contribution in [2.24, 2.45) is 0 Å². The Labute approximate surface area is 131 Å². The van der Waals surface area contributed by atoms with E-state index in [1.54, 1.807) is 6.07 Å². The molecule has 3 nitrogen and oxygen atoms in total. The summed E-state index contributed by atoms with van der Waals surface area (Å²) >= 11 is 0. The van der Waals surface area contributed by atoms with Crippen molar-refractivity contribution in [3.05, 3.63) is 65.2 Å². The zero-order valence-corrected chi connectivity index (χ0v) is 12.9. The van der Waals surface area contributed by atoms with Crippen LogP contribution in [0.25, 0.3) is 0 Å². The number of hydrogen-bond donors (Lipinski definition) is 1. The van der Waals surface area contributed by atoms with E-state index in [2.05, 4.69) is 47.2 Å². The van der Waals surface area contributed by atoms with Gasteiger partial charge in [-0.3, -0.25) is 4.90 Å². The van der Waals surface area contributed by atoms with Crippen LogP contribution in [0.15, 0.2) is 48.5 Å². The highest BCUT2D eigenvalue weighted by Gasteiger charge is 2.36. The molecule has 2 aromatic carbocycles. The summed E-state index contributed by atoms with van der Waals surface area (Å²) in [5, 5.41) is 10.3. The molecule has 22 heavy (non-hydrogen) atoms. The second kappa shape index (κ2) is 5.41. The molecule has 0 radical (unpaired) electrons. The zero-order chi connectivity index (χ0) is 15.1. The van der Waals surface area contributed by atoms with E-state index in [0.717, 1.165) is 31.7 Å². The summed E-state index contributed by atoms with van der Waals surface area (Å²) in [6.45, 7) is 4.29. The fraction of sp³-hybridized carbons (Fsp3) is 0.368. The first-order chi connectivity index (χ1) is 10.7. The Balaban J connectivity index is 1.81. The normalized spacial score (nSPS) is 25.5. The number of aromatic hydroxyl groups is 1. The van der Waals surface area contributed by atoms with Gasteiger partial charge in [0.15, 0.2) is 0 Å². The van der Waals surface area contributed by atoms with Gasteiger partial charge in [0.05, 0.1) is 0 Å². The van der Waals surface area contributed by atoms with Crippen molar-refractivity contribution in [2.75, 3.05) is 33.2 Å². The van der Waals surface area contributed by atoms with Gasteiger partial charge in [-0.15, -0.1) is 0 Å². The molecule has 0 spiro atoms. The molecule has 0 amide bonds. The van der Waals surface area contributed by atoms with Gasteiger partial charge in [0, 0.05) is 43.7 Å². The lowest BCUT2D eigenvalue weighted by atomic mass is 9.80. The van der Waals surface area contributed by atoms with Gasteiger partial charge in [0.1, 0.15) is 5.75 Å². The number of rotatable bonds is 1. The summed E-state index contributed by atoms with van der Waals surface area (Å²) in [5.41, 5.74) is 3.85. The molecule has 2 aromatic rings. The molecular formula is C19H22N2O. The van der Waals surface area contributed by atoms with E-state index in [4.69, 9.17) is 0 Å². The molecule has 4 rings (SSSR count). The minimum atomic E-state index is 0.261. The van der Waals surface area contributed by atoms with Gasteiger partial charge >= 0.3 is 0 Å². The van der Waals surface area contributed by atoms with Crippen LogP contribution in [0.1, 0.15) is 28.7 Å². The highest BCUT2D eigenvalue weighted by atomic mass is 16.3. The summed E-state index contributed by atoms with van der Waals surface area (Å²) in [6, 6.07) is 17.0. The van der Waals surface area contributed by atoms with Crippen LogP contribution in [0.5, 0.6) is 5.75 Å².